The third-order valence-corrected chi connectivity index (χ3v) is 3.44. The summed E-state index contributed by atoms with van der Waals surface area (Å²) in [5.74, 6) is -1.58. The molecule has 0 radical (unpaired) electrons. The Kier molecular flexibility index (Phi) is 3.90. The molecule has 1 fully saturated rings. The average molecular weight is 267 g/mol. The molecule has 1 aliphatic rings. The normalized spacial score (nSPS) is 19.6. The zero-order chi connectivity index (χ0) is 14.0. The molecular weight excluding hydrogens is 249 g/mol. The van der Waals surface area contributed by atoms with Gasteiger partial charge in [0.15, 0.2) is 0 Å². The number of likely N-dealkylation sites (tertiary alicyclic amines) is 1. The molecule has 0 bridgehead atoms. The van der Waals surface area contributed by atoms with Crippen molar-refractivity contribution in [2.75, 3.05) is 37.7 Å². The van der Waals surface area contributed by atoms with Crippen LogP contribution in [0.25, 0.3) is 0 Å². The van der Waals surface area contributed by atoms with Crippen LogP contribution in [-0.4, -0.2) is 42.7 Å². The van der Waals surface area contributed by atoms with Gasteiger partial charge in [-0.2, -0.15) is 0 Å². The van der Waals surface area contributed by atoms with Gasteiger partial charge in [-0.1, -0.05) is 0 Å². The van der Waals surface area contributed by atoms with Gasteiger partial charge < -0.3 is 21.1 Å². The molecule has 1 unspecified atom stereocenters. The number of carboxylic acid groups (broad SMARTS) is 1. The summed E-state index contributed by atoms with van der Waals surface area (Å²) in [7, 11) is 2.07. The number of aromatic carboxylic acids is 1. The predicted octanol–water partition coefficient (Wildman–Crippen LogP) is 1.47. The van der Waals surface area contributed by atoms with Gasteiger partial charge in [-0.3, -0.25) is 0 Å². The Labute approximate surface area is 111 Å². The van der Waals surface area contributed by atoms with Gasteiger partial charge in [0.25, 0.3) is 0 Å². The number of hydrogen-bond acceptors (Lipinski definition) is 4. The fourth-order valence-electron chi connectivity index (χ4n) is 2.35. The minimum Gasteiger partial charge on any atom is -0.478 e. The molecule has 0 aliphatic carbocycles. The van der Waals surface area contributed by atoms with Crippen molar-refractivity contribution in [2.24, 2.45) is 5.92 Å². The number of rotatable bonds is 4. The minimum absolute atomic E-state index is 0.255. The van der Waals surface area contributed by atoms with Crippen molar-refractivity contribution in [3.8, 4) is 0 Å². The Bertz CT molecular complexity index is 493. The molecule has 19 heavy (non-hydrogen) atoms. The van der Waals surface area contributed by atoms with Gasteiger partial charge >= 0.3 is 5.97 Å². The van der Waals surface area contributed by atoms with E-state index in [0.717, 1.165) is 31.6 Å². The van der Waals surface area contributed by atoms with Gasteiger partial charge in [0.1, 0.15) is 5.82 Å². The summed E-state index contributed by atoms with van der Waals surface area (Å²) >= 11 is 0. The van der Waals surface area contributed by atoms with Crippen LogP contribution in [0.3, 0.4) is 0 Å². The van der Waals surface area contributed by atoms with Crippen LogP contribution in [0.2, 0.25) is 0 Å². The Morgan fingerprint density at radius 1 is 1.63 bits per heavy atom. The number of nitrogens with zero attached hydrogens (tertiary/aromatic N) is 1. The number of hydrogen-bond donors (Lipinski definition) is 3. The first-order valence-corrected chi connectivity index (χ1v) is 6.22. The number of nitrogens with one attached hydrogen (secondary N) is 1. The molecule has 1 heterocycles. The van der Waals surface area contributed by atoms with Gasteiger partial charge in [-0.15, -0.1) is 0 Å². The second-order valence-electron chi connectivity index (χ2n) is 5.02. The van der Waals surface area contributed by atoms with E-state index in [9.17, 15) is 9.18 Å². The minimum atomic E-state index is -1.31. The number of anilines is 2. The fourth-order valence-corrected chi connectivity index (χ4v) is 2.35. The van der Waals surface area contributed by atoms with Crippen LogP contribution in [0.5, 0.6) is 0 Å². The van der Waals surface area contributed by atoms with Crippen LogP contribution in [0.4, 0.5) is 15.8 Å². The highest BCUT2D eigenvalue weighted by molar-refractivity contribution is 5.90. The quantitative estimate of drug-likeness (QED) is 0.720. The van der Waals surface area contributed by atoms with Gasteiger partial charge in [0.05, 0.1) is 16.9 Å². The summed E-state index contributed by atoms with van der Waals surface area (Å²) in [6.07, 6.45) is 1.10. The van der Waals surface area contributed by atoms with Gasteiger partial charge in [-0.25, -0.2) is 9.18 Å². The van der Waals surface area contributed by atoms with Crippen LogP contribution < -0.4 is 11.1 Å². The lowest BCUT2D eigenvalue weighted by molar-refractivity contribution is 0.0692. The maximum Gasteiger partial charge on any atom is 0.338 e. The van der Waals surface area contributed by atoms with Crippen LogP contribution in [0.15, 0.2) is 12.1 Å². The molecule has 6 heteroatoms. The van der Waals surface area contributed by atoms with Crippen LogP contribution in [0.1, 0.15) is 16.8 Å². The molecule has 1 aliphatic heterocycles. The van der Waals surface area contributed by atoms with Crippen LogP contribution in [0, 0.1) is 11.7 Å². The Hall–Kier alpha value is -1.82. The standard InChI is InChI=1S/C13H18FN3O2/c1-17-3-2-8(7-17)6-16-12-5-10(14)9(13(18)19)4-11(12)15/h4-5,8,16H,2-3,6-7,15H2,1H3,(H,18,19). The number of nitrogens with two attached hydrogens (primary N) is 1. The summed E-state index contributed by atoms with van der Waals surface area (Å²) in [5.41, 5.74) is 6.05. The zero-order valence-electron chi connectivity index (χ0n) is 10.8. The first-order chi connectivity index (χ1) is 8.97. The van der Waals surface area contributed by atoms with E-state index in [2.05, 4.69) is 17.3 Å². The highest BCUT2D eigenvalue weighted by Gasteiger charge is 2.20. The lowest BCUT2D eigenvalue weighted by Gasteiger charge is -2.15. The molecule has 0 saturated carbocycles. The van der Waals surface area contributed by atoms with Gasteiger partial charge in [-0.05, 0) is 38.1 Å². The molecule has 0 spiro atoms. The van der Waals surface area contributed by atoms with E-state index in [4.69, 9.17) is 10.8 Å². The third-order valence-electron chi connectivity index (χ3n) is 3.44. The van der Waals surface area contributed by atoms with E-state index in [1.807, 2.05) is 0 Å². The number of halogens is 1. The summed E-state index contributed by atoms with van der Waals surface area (Å²) in [6.45, 7) is 2.77. The lowest BCUT2D eigenvalue weighted by atomic mass is 10.1. The summed E-state index contributed by atoms with van der Waals surface area (Å²) in [5, 5.41) is 11.9. The molecule has 5 nitrogen and oxygen atoms in total. The molecule has 2 rings (SSSR count). The fraction of sp³-hybridized carbons (Fsp3) is 0.462. The average Bonchev–Trinajstić information content (AvgIpc) is 2.75. The summed E-state index contributed by atoms with van der Waals surface area (Å²) in [6, 6.07) is 2.30. The smallest absolute Gasteiger partial charge is 0.338 e. The maximum atomic E-state index is 13.6. The predicted molar refractivity (Wildman–Crippen MR) is 71.9 cm³/mol. The topological polar surface area (TPSA) is 78.6 Å². The molecular formula is C13H18FN3O2. The summed E-state index contributed by atoms with van der Waals surface area (Å²) < 4.78 is 13.6. The van der Waals surface area contributed by atoms with E-state index in [-0.39, 0.29) is 5.69 Å². The number of nitrogen functional groups attached to an aromatic ring is 1. The molecule has 1 aromatic carbocycles. The van der Waals surface area contributed by atoms with E-state index in [1.165, 1.54) is 0 Å². The van der Waals surface area contributed by atoms with E-state index < -0.39 is 17.3 Å². The first kappa shape index (κ1) is 13.6. The Balaban J connectivity index is 2.04. The second-order valence-corrected chi connectivity index (χ2v) is 5.02. The largest absolute Gasteiger partial charge is 0.478 e. The van der Waals surface area contributed by atoms with Gasteiger partial charge in [0.2, 0.25) is 0 Å². The molecule has 1 saturated heterocycles. The Morgan fingerprint density at radius 2 is 2.37 bits per heavy atom. The second kappa shape index (κ2) is 5.44. The van der Waals surface area contributed by atoms with Crippen molar-refractivity contribution in [3.63, 3.8) is 0 Å². The number of carboxylic acids is 1. The Morgan fingerprint density at radius 3 is 2.95 bits per heavy atom. The van der Waals surface area contributed by atoms with E-state index in [1.54, 1.807) is 0 Å². The van der Waals surface area contributed by atoms with Crippen molar-refractivity contribution in [3.05, 3.63) is 23.5 Å². The molecule has 4 N–H and O–H groups in total. The van der Waals surface area contributed by atoms with Crippen molar-refractivity contribution < 1.29 is 14.3 Å². The first-order valence-electron chi connectivity index (χ1n) is 6.22. The maximum absolute atomic E-state index is 13.6. The highest BCUT2D eigenvalue weighted by atomic mass is 19.1. The number of carbonyl (C=O) groups is 1. The molecule has 0 amide bonds. The highest BCUT2D eigenvalue weighted by Crippen LogP contribution is 2.24. The van der Waals surface area contributed by atoms with Crippen molar-refractivity contribution in [2.45, 2.75) is 6.42 Å². The van der Waals surface area contributed by atoms with Crippen molar-refractivity contribution in [1.82, 2.24) is 4.90 Å². The van der Waals surface area contributed by atoms with Crippen LogP contribution >= 0.6 is 0 Å². The van der Waals surface area contributed by atoms with Gasteiger partial charge in [0, 0.05) is 13.1 Å². The third kappa shape index (κ3) is 3.14. The zero-order valence-corrected chi connectivity index (χ0v) is 10.8. The van der Waals surface area contributed by atoms with Crippen LogP contribution in [-0.2, 0) is 0 Å². The molecule has 104 valence electrons. The monoisotopic (exact) mass is 267 g/mol. The molecule has 1 atom stereocenters. The van der Waals surface area contributed by atoms with E-state index >= 15 is 0 Å². The SMILES string of the molecule is CN1CCC(CNc2cc(F)c(C(=O)O)cc2N)C1. The lowest BCUT2D eigenvalue weighted by Crippen LogP contribution is -2.19. The van der Waals surface area contributed by atoms with Crippen molar-refractivity contribution >= 4 is 17.3 Å². The number of benzene rings is 1. The summed E-state index contributed by atoms with van der Waals surface area (Å²) in [4.78, 5) is 13.0. The van der Waals surface area contributed by atoms with Crippen molar-refractivity contribution in [1.29, 1.82) is 0 Å². The molecule has 1 aromatic rings. The molecule has 0 aromatic heterocycles. The van der Waals surface area contributed by atoms with E-state index in [0.29, 0.717) is 18.2 Å².